The van der Waals surface area contributed by atoms with Crippen molar-refractivity contribution < 1.29 is 14.5 Å². The van der Waals surface area contributed by atoms with Crippen LogP contribution in [0.15, 0.2) is 42.5 Å². The lowest BCUT2D eigenvalue weighted by atomic mass is 10.2. The number of nitro groups is 1. The first-order chi connectivity index (χ1) is 13.5. The van der Waals surface area contributed by atoms with Gasteiger partial charge < -0.3 is 15.0 Å². The highest BCUT2D eigenvalue weighted by Gasteiger charge is 2.21. The Labute approximate surface area is 167 Å². The normalized spacial score (nSPS) is 14.6. The van der Waals surface area contributed by atoms with Crippen LogP contribution in [0.5, 0.6) is 5.75 Å². The Morgan fingerprint density at radius 1 is 1.21 bits per heavy atom. The molecule has 0 atom stereocenters. The average Bonchev–Trinajstić information content (AvgIpc) is 2.68. The summed E-state index contributed by atoms with van der Waals surface area (Å²) in [5.41, 5.74) is 1.03. The van der Waals surface area contributed by atoms with Gasteiger partial charge in [-0.25, -0.2) is 0 Å². The summed E-state index contributed by atoms with van der Waals surface area (Å²) in [7, 11) is 1.43. The molecule has 0 bridgehead atoms. The summed E-state index contributed by atoms with van der Waals surface area (Å²) < 4.78 is 5.00. The molecular weight excluding hydrogens is 384 g/mol. The van der Waals surface area contributed by atoms with E-state index in [0.29, 0.717) is 23.9 Å². The first-order valence-electron chi connectivity index (χ1n) is 8.81. The second kappa shape index (κ2) is 8.90. The Hall–Kier alpha value is -2.84. The van der Waals surface area contributed by atoms with Crippen LogP contribution in [-0.4, -0.2) is 55.6 Å². The number of nitrogens with zero attached hydrogens (tertiary/aromatic N) is 3. The van der Waals surface area contributed by atoms with Crippen LogP contribution in [0, 0.1) is 10.1 Å². The molecule has 0 aromatic heterocycles. The number of carbonyl (C=O) groups is 1. The molecule has 28 heavy (non-hydrogen) atoms. The summed E-state index contributed by atoms with van der Waals surface area (Å²) in [6, 6.07) is 12.0. The predicted octanol–water partition coefficient (Wildman–Crippen LogP) is 3.02. The van der Waals surface area contributed by atoms with Crippen LogP contribution in [0.1, 0.15) is 0 Å². The zero-order chi connectivity index (χ0) is 20.1. The van der Waals surface area contributed by atoms with Crippen LogP contribution < -0.4 is 15.0 Å². The van der Waals surface area contributed by atoms with E-state index in [1.165, 1.54) is 19.2 Å². The number of rotatable bonds is 6. The van der Waals surface area contributed by atoms with Crippen molar-refractivity contribution in [1.29, 1.82) is 0 Å². The van der Waals surface area contributed by atoms with Crippen molar-refractivity contribution in [3.8, 4) is 5.75 Å². The third kappa shape index (κ3) is 4.90. The van der Waals surface area contributed by atoms with E-state index in [0.717, 1.165) is 18.8 Å². The molecule has 1 heterocycles. The first-order valence-corrected chi connectivity index (χ1v) is 9.19. The number of halogens is 1. The molecule has 1 fully saturated rings. The molecule has 2 aromatic carbocycles. The van der Waals surface area contributed by atoms with Gasteiger partial charge in [0.25, 0.3) is 5.69 Å². The zero-order valence-corrected chi connectivity index (χ0v) is 16.2. The van der Waals surface area contributed by atoms with Crippen molar-refractivity contribution >= 4 is 34.6 Å². The largest absolute Gasteiger partial charge is 0.496 e. The fourth-order valence-electron chi connectivity index (χ4n) is 3.13. The molecule has 1 saturated heterocycles. The highest BCUT2D eigenvalue weighted by atomic mass is 35.5. The van der Waals surface area contributed by atoms with Gasteiger partial charge in [0.05, 0.1) is 24.6 Å². The molecule has 1 amide bonds. The number of nitro benzene ring substituents is 1. The maximum atomic E-state index is 12.4. The van der Waals surface area contributed by atoms with Crippen molar-refractivity contribution in [3.05, 3.63) is 57.6 Å². The summed E-state index contributed by atoms with van der Waals surface area (Å²) in [5.74, 6) is 0.0753. The van der Waals surface area contributed by atoms with Gasteiger partial charge in [-0.1, -0.05) is 17.7 Å². The number of nitrogens with one attached hydrogen (secondary N) is 1. The van der Waals surface area contributed by atoms with Crippen LogP contribution in [0.2, 0.25) is 5.02 Å². The van der Waals surface area contributed by atoms with Crippen LogP contribution in [0.4, 0.5) is 17.1 Å². The molecule has 8 nitrogen and oxygen atoms in total. The number of hydrogen-bond acceptors (Lipinski definition) is 6. The van der Waals surface area contributed by atoms with Crippen molar-refractivity contribution in [2.45, 2.75) is 0 Å². The molecule has 0 unspecified atom stereocenters. The van der Waals surface area contributed by atoms with Gasteiger partial charge in [0.1, 0.15) is 11.4 Å². The van der Waals surface area contributed by atoms with Crippen LogP contribution in [0.3, 0.4) is 0 Å². The standard InChI is InChI=1S/C19H21ClN4O4/c1-28-16-5-6-17(18(12-16)24(26)27)21-19(25)13-22-7-9-23(10-8-22)15-4-2-3-14(20)11-15/h2-6,11-12H,7-10,13H2,1H3,(H,21,25). The molecular formula is C19H21ClN4O4. The van der Waals surface area contributed by atoms with Gasteiger partial charge in [-0.15, -0.1) is 0 Å². The maximum absolute atomic E-state index is 12.4. The van der Waals surface area contributed by atoms with E-state index >= 15 is 0 Å². The van der Waals surface area contributed by atoms with E-state index in [1.54, 1.807) is 6.07 Å². The third-order valence-electron chi connectivity index (χ3n) is 4.59. The Morgan fingerprint density at radius 2 is 1.96 bits per heavy atom. The molecule has 9 heteroatoms. The second-order valence-corrected chi connectivity index (χ2v) is 6.87. The molecule has 0 spiro atoms. The van der Waals surface area contributed by atoms with Gasteiger partial charge >= 0.3 is 0 Å². The second-order valence-electron chi connectivity index (χ2n) is 6.43. The third-order valence-corrected chi connectivity index (χ3v) is 4.82. The number of ether oxygens (including phenoxy) is 1. The van der Waals surface area contributed by atoms with Gasteiger partial charge in [-0.2, -0.15) is 0 Å². The Morgan fingerprint density at radius 3 is 2.61 bits per heavy atom. The topological polar surface area (TPSA) is 88.0 Å². The molecule has 3 rings (SSSR count). The highest BCUT2D eigenvalue weighted by Crippen LogP contribution is 2.29. The lowest BCUT2D eigenvalue weighted by molar-refractivity contribution is -0.384. The van der Waals surface area contributed by atoms with Gasteiger partial charge in [0.15, 0.2) is 0 Å². The molecule has 1 aliphatic heterocycles. The number of hydrogen-bond donors (Lipinski definition) is 1. The monoisotopic (exact) mass is 404 g/mol. The van der Waals surface area contributed by atoms with E-state index in [-0.39, 0.29) is 23.8 Å². The number of piperazine rings is 1. The smallest absolute Gasteiger partial charge is 0.296 e. The quantitative estimate of drug-likeness (QED) is 0.588. The van der Waals surface area contributed by atoms with E-state index in [4.69, 9.17) is 16.3 Å². The molecule has 0 radical (unpaired) electrons. The SMILES string of the molecule is COc1ccc(NC(=O)CN2CCN(c3cccc(Cl)c3)CC2)c([N+](=O)[O-])c1. The molecule has 1 N–H and O–H groups in total. The maximum Gasteiger partial charge on any atom is 0.296 e. The van der Waals surface area contributed by atoms with Gasteiger partial charge in [0, 0.05) is 36.9 Å². The van der Waals surface area contributed by atoms with Gasteiger partial charge in [-0.3, -0.25) is 19.8 Å². The van der Waals surface area contributed by atoms with Crippen LogP contribution in [0.25, 0.3) is 0 Å². The predicted molar refractivity (Wildman–Crippen MR) is 108 cm³/mol. The Kier molecular flexibility index (Phi) is 6.33. The molecule has 148 valence electrons. The van der Waals surface area contributed by atoms with E-state index in [1.807, 2.05) is 29.2 Å². The van der Waals surface area contributed by atoms with E-state index < -0.39 is 4.92 Å². The van der Waals surface area contributed by atoms with Gasteiger partial charge in [-0.05, 0) is 30.3 Å². The van der Waals surface area contributed by atoms with E-state index in [9.17, 15) is 14.9 Å². The van der Waals surface area contributed by atoms with Crippen LogP contribution in [-0.2, 0) is 4.79 Å². The lowest BCUT2D eigenvalue weighted by Crippen LogP contribution is -2.48. The zero-order valence-electron chi connectivity index (χ0n) is 15.4. The Balaban J connectivity index is 1.56. The number of amides is 1. The molecule has 2 aromatic rings. The Bertz CT molecular complexity index is 869. The molecule has 0 aliphatic carbocycles. The summed E-state index contributed by atoms with van der Waals surface area (Å²) >= 11 is 6.05. The summed E-state index contributed by atoms with van der Waals surface area (Å²) in [4.78, 5) is 27.3. The van der Waals surface area contributed by atoms with Crippen molar-refractivity contribution in [2.24, 2.45) is 0 Å². The molecule has 0 saturated carbocycles. The van der Waals surface area contributed by atoms with E-state index in [2.05, 4.69) is 10.2 Å². The summed E-state index contributed by atoms with van der Waals surface area (Å²) in [6.45, 7) is 3.15. The van der Waals surface area contributed by atoms with Crippen molar-refractivity contribution in [3.63, 3.8) is 0 Å². The average molecular weight is 405 g/mol. The number of carbonyl (C=O) groups excluding carboxylic acids is 1. The molecule has 1 aliphatic rings. The van der Waals surface area contributed by atoms with Gasteiger partial charge in [0.2, 0.25) is 5.91 Å². The lowest BCUT2D eigenvalue weighted by Gasteiger charge is -2.35. The fraction of sp³-hybridized carbons (Fsp3) is 0.316. The van der Waals surface area contributed by atoms with Crippen molar-refractivity contribution in [1.82, 2.24) is 4.90 Å². The summed E-state index contributed by atoms with van der Waals surface area (Å²) in [5, 5.41) is 14.6. The fourth-order valence-corrected chi connectivity index (χ4v) is 3.31. The highest BCUT2D eigenvalue weighted by molar-refractivity contribution is 6.30. The minimum Gasteiger partial charge on any atom is -0.496 e. The van der Waals surface area contributed by atoms with Crippen LogP contribution >= 0.6 is 11.6 Å². The summed E-state index contributed by atoms with van der Waals surface area (Å²) in [6.07, 6.45) is 0. The minimum absolute atomic E-state index is 0.161. The van der Waals surface area contributed by atoms with Crippen molar-refractivity contribution in [2.75, 3.05) is 50.1 Å². The first kappa shape index (κ1) is 19.9. The minimum atomic E-state index is -0.540. The number of anilines is 2. The number of methoxy groups -OCH3 is 1. The number of benzene rings is 2.